The number of rotatable bonds is 2. The van der Waals surface area contributed by atoms with Crippen molar-refractivity contribution < 1.29 is 9.36 Å². The maximum Gasteiger partial charge on any atom is 0.201 e. The van der Waals surface area contributed by atoms with E-state index in [0.29, 0.717) is 0 Å². The van der Waals surface area contributed by atoms with Crippen LogP contribution in [0, 0.1) is 5.92 Å². The molecule has 0 N–H and O–H groups in total. The van der Waals surface area contributed by atoms with Gasteiger partial charge in [0.2, 0.25) is 6.29 Å². The molecule has 1 aliphatic rings. The summed E-state index contributed by atoms with van der Waals surface area (Å²) in [5.41, 5.74) is 1.25. The van der Waals surface area contributed by atoms with E-state index < -0.39 is 0 Å². The van der Waals surface area contributed by atoms with Crippen LogP contribution in [0.2, 0.25) is 0 Å². The van der Waals surface area contributed by atoms with Crippen LogP contribution in [0.25, 0.3) is 0 Å². The van der Waals surface area contributed by atoms with Crippen LogP contribution in [-0.4, -0.2) is 19.4 Å². The Morgan fingerprint density at radius 3 is 2.47 bits per heavy atom. The average molecular weight is 204 g/mol. The van der Waals surface area contributed by atoms with Crippen molar-refractivity contribution in [2.24, 2.45) is 13.0 Å². The predicted molar refractivity (Wildman–Crippen MR) is 58.2 cm³/mol. The number of piperidine rings is 1. The van der Waals surface area contributed by atoms with Crippen molar-refractivity contribution in [3.63, 3.8) is 0 Å². The van der Waals surface area contributed by atoms with Gasteiger partial charge in [-0.1, -0.05) is 0 Å². The fourth-order valence-electron chi connectivity index (χ4n) is 1.96. The lowest BCUT2D eigenvalue weighted by molar-refractivity contribution is -0.671. The molecule has 1 aromatic rings. The molecule has 15 heavy (non-hydrogen) atoms. The number of hydrogen-bond donors (Lipinski definition) is 0. The summed E-state index contributed by atoms with van der Waals surface area (Å²) in [5.74, 6) is 0.154. The molecular formula is C12H16N2O+. The van der Waals surface area contributed by atoms with Crippen molar-refractivity contribution >= 4 is 12.0 Å². The van der Waals surface area contributed by atoms with Crippen molar-refractivity contribution in [1.29, 1.82) is 0 Å². The molecule has 2 rings (SSSR count). The highest BCUT2D eigenvalue weighted by Gasteiger charge is 2.19. The minimum Gasteiger partial charge on any atom is -0.371 e. The van der Waals surface area contributed by atoms with Crippen molar-refractivity contribution in [1.82, 2.24) is 0 Å². The zero-order valence-electron chi connectivity index (χ0n) is 9.02. The third-order valence-electron chi connectivity index (χ3n) is 2.99. The minimum atomic E-state index is 0.154. The molecule has 0 unspecified atom stereocenters. The van der Waals surface area contributed by atoms with Crippen molar-refractivity contribution in [2.45, 2.75) is 12.8 Å². The van der Waals surface area contributed by atoms with Gasteiger partial charge in [0.1, 0.15) is 7.05 Å². The third-order valence-corrected chi connectivity index (χ3v) is 2.99. The lowest BCUT2D eigenvalue weighted by atomic mass is 9.98. The Morgan fingerprint density at radius 1 is 1.33 bits per heavy atom. The second-order valence-electron chi connectivity index (χ2n) is 4.10. The third kappa shape index (κ3) is 2.35. The summed E-state index contributed by atoms with van der Waals surface area (Å²) in [6.07, 6.45) is 8.07. The standard InChI is InChI=1S/C12H16N2O/c1-13-6-4-12(5-7-13)14-8-2-11(10-15)3-9-14/h4-7,11H,2-3,8-9H2,1H3/q+1. The number of aryl methyl sites for hydroxylation is 1. The first-order valence-electron chi connectivity index (χ1n) is 5.37. The van der Waals surface area contributed by atoms with E-state index >= 15 is 0 Å². The smallest absolute Gasteiger partial charge is 0.201 e. The summed E-state index contributed by atoms with van der Waals surface area (Å²) in [6.45, 7) is 1.93. The number of nitrogens with zero attached hydrogens (tertiary/aromatic N) is 2. The molecule has 1 aromatic heterocycles. The number of anilines is 1. The Hall–Kier alpha value is -1.38. The normalized spacial score (nSPS) is 17.8. The summed E-state index contributed by atoms with van der Waals surface area (Å²) < 4.78 is 2.02. The van der Waals surface area contributed by atoms with Gasteiger partial charge in [-0.3, -0.25) is 4.79 Å². The van der Waals surface area contributed by atoms with Gasteiger partial charge in [-0.25, -0.2) is 4.57 Å². The SMILES string of the molecule is C[n+]1ccc(N2CCC([C]=O)CC2)cc1. The molecule has 2 heterocycles. The summed E-state index contributed by atoms with van der Waals surface area (Å²) >= 11 is 0. The molecule has 79 valence electrons. The van der Waals surface area contributed by atoms with Gasteiger partial charge in [-0.15, -0.1) is 0 Å². The maximum absolute atomic E-state index is 10.5. The lowest BCUT2D eigenvalue weighted by Gasteiger charge is -2.30. The van der Waals surface area contributed by atoms with Crippen LogP contribution < -0.4 is 9.47 Å². The van der Waals surface area contributed by atoms with Gasteiger partial charge in [0.15, 0.2) is 12.4 Å². The van der Waals surface area contributed by atoms with Gasteiger partial charge in [-0.05, 0) is 12.8 Å². The maximum atomic E-state index is 10.5. The van der Waals surface area contributed by atoms with Gasteiger partial charge < -0.3 is 4.90 Å². The first-order valence-corrected chi connectivity index (χ1v) is 5.37. The number of aromatic nitrogens is 1. The Morgan fingerprint density at radius 2 is 1.93 bits per heavy atom. The Bertz CT molecular complexity index is 326. The molecule has 0 aliphatic carbocycles. The van der Waals surface area contributed by atoms with Crippen LogP contribution in [0.3, 0.4) is 0 Å². The van der Waals surface area contributed by atoms with E-state index in [2.05, 4.69) is 23.3 Å². The largest absolute Gasteiger partial charge is 0.371 e. The van der Waals surface area contributed by atoms with E-state index in [1.807, 2.05) is 24.0 Å². The highest BCUT2D eigenvalue weighted by Crippen LogP contribution is 2.20. The van der Waals surface area contributed by atoms with Gasteiger partial charge in [0.05, 0.1) is 0 Å². The fraction of sp³-hybridized carbons (Fsp3) is 0.500. The molecule has 0 saturated carbocycles. The van der Waals surface area contributed by atoms with Crippen LogP contribution in [0.15, 0.2) is 24.5 Å². The summed E-state index contributed by atoms with van der Waals surface area (Å²) in [5, 5.41) is 0. The molecule has 0 bridgehead atoms. The lowest BCUT2D eigenvalue weighted by Crippen LogP contribution is -2.35. The van der Waals surface area contributed by atoms with Gasteiger partial charge in [0, 0.05) is 36.8 Å². The van der Waals surface area contributed by atoms with E-state index in [1.165, 1.54) is 5.69 Å². The Labute approximate surface area is 90.3 Å². The second-order valence-corrected chi connectivity index (χ2v) is 4.10. The number of hydrogen-bond acceptors (Lipinski definition) is 2. The summed E-state index contributed by atoms with van der Waals surface area (Å²) in [4.78, 5) is 12.8. The van der Waals surface area contributed by atoms with Gasteiger partial charge in [0.25, 0.3) is 0 Å². The average Bonchev–Trinajstić information content (AvgIpc) is 2.30. The summed E-state index contributed by atoms with van der Waals surface area (Å²) in [7, 11) is 2.01. The predicted octanol–water partition coefficient (Wildman–Crippen LogP) is 0.837. The molecular weight excluding hydrogens is 188 g/mol. The Kier molecular flexibility index (Phi) is 2.99. The van der Waals surface area contributed by atoms with Crippen LogP contribution in [0.5, 0.6) is 0 Å². The second kappa shape index (κ2) is 4.43. The number of carbonyl (C=O) groups excluding carboxylic acids is 1. The van der Waals surface area contributed by atoms with Gasteiger partial charge in [-0.2, -0.15) is 0 Å². The zero-order valence-corrected chi connectivity index (χ0v) is 9.02. The van der Waals surface area contributed by atoms with E-state index in [9.17, 15) is 4.79 Å². The van der Waals surface area contributed by atoms with E-state index in [-0.39, 0.29) is 5.92 Å². The number of pyridine rings is 1. The highest BCUT2D eigenvalue weighted by molar-refractivity contribution is 5.56. The minimum absolute atomic E-state index is 0.154. The molecule has 0 amide bonds. The highest BCUT2D eigenvalue weighted by atomic mass is 16.1. The van der Waals surface area contributed by atoms with Crippen LogP contribution in [0.1, 0.15) is 12.8 Å². The molecule has 1 fully saturated rings. The van der Waals surface area contributed by atoms with E-state index in [0.717, 1.165) is 25.9 Å². The molecule has 1 saturated heterocycles. The molecule has 0 aromatic carbocycles. The van der Waals surface area contributed by atoms with Crippen LogP contribution >= 0.6 is 0 Å². The molecule has 1 radical (unpaired) electrons. The first-order chi connectivity index (χ1) is 7.29. The summed E-state index contributed by atoms with van der Waals surface area (Å²) in [6, 6.07) is 4.23. The zero-order chi connectivity index (χ0) is 10.7. The van der Waals surface area contributed by atoms with Gasteiger partial charge >= 0.3 is 0 Å². The van der Waals surface area contributed by atoms with Crippen molar-refractivity contribution in [3.05, 3.63) is 24.5 Å². The molecule has 1 aliphatic heterocycles. The van der Waals surface area contributed by atoms with E-state index in [4.69, 9.17) is 0 Å². The quantitative estimate of drug-likeness (QED) is 0.667. The molecule has 0 atom stereocenters. The topological polar surface area (TPSA) is 24.2 Å². The fourth-order valence-corrected chi connectivity index (χ4v) is 1.96. The molecule has 0 spiro atoms. The Balaban J connectivity index is 2.01. The van der Waals surface area contributed by atoms with E-state index in [1.54, 1.807) is 0 Å². The van der Waals surface area contributed by atoms with Crippen LogP contribution in [0.4, 0.5) is 5.69 Å². The molecule has 3 heteroatoms. The van der Waals surface area contributed by atoms with Crippen molar-refractivity contribution in [2.75, 3.05) is 18.0 Å². The molecule has 3 nitrogen and oxygen atoms in total. The first kappa shape index (κ1) is 10.1. The monoisotopic (exact) mass is 204 g/mol. The van der Waals surface area contributed by atoms with Crippen LogP contribution in [-0.2, 0) is 11.8 Å². The van der Waals surface area contributed by atoms with Crippen molar-refractivity contribution in [3.8, 4) is 0 Å².